The predicted molar refractivity (Wildman–Crippen MR) is 95.6 cm³/mol. The van der Waals surface area contributed by atoms with E-state index in [0.29, 0.717) is 11.3 Å². The van der Waals surface area contributed by atoms with Gasteiger partial charge in [0.25, 0.3) is 11.7 Å². The Labute approximate surface area is 159 Å². The fraction of sp³-hybridized carbons (Fsp3) is 0.278. The maximum atomic E-state index is 13.3. The minimum absolute atomic E-state index is 0.0772. The molecule has 1 aromatic carbocycles. The fourth-order valence-corrected chi connectivity index (χ4v) is 2.96. The van der Waals surface area contributed by atoms with E-state index < -0.39 is 23.6 Å². The third-order valence-electron chi connectivity index (χ3n) is 4.08. The van der Waals surface area contributed by atoms with Crippen LogP contribution < -0.4 is 10.2 Å². The Balaban J connectivity index is 1.61. The molecule has 2 heterocycles. The van der Waals surface area contributed by atoms with Crippen molar-refractivity contribution in [3.63, 3.8) is 0 Å². The molecule has 0 aliphatic carbocycles. The number of ether oxygens (including phenoxy) is 1. The number of benzene rings is 1. The monoisotopic (exact) mass is 393 g/mol. The fourth-order valence-electron chi connectivity index (χ4n) is 2.72. The summed E-state index contributed by atoms with van der Waals surface area (Å²) in [5.41, 5.74) is 1.70. The van der Waals surface area contributed by atoms with E-state index in [1.54, 1.807) is 12.1 Å². The highest BCUT2D eigenvalue weighted by Crippen LogP contribution is 2.29. The zero-order valence-corrected chi connectivity index (χ0v) is 15.2. The van der Waals surface area contributed by atoms with Gasteiger partial charge in [-0.1, -0.05) is 11.6 Å². The van der Waals surface area contributed by atoms with Gasteiger partial charge in [0.2, 0.25) is 0 Å². The number of aromatic nitrogens is 1. The Morgan fingerprint density at radius 1 is 1.44 bits per heavy atom. The Morgan fingerprint density at radius 3 is 2.89 bits per heavy atom. The van der Waals surface area contributed by atoms with Crippen molar-refractivity contribution in [1.29, 1.82) is 0 Å². The van der Waals surface area contributed by atoms with Crippen molar-refractivity contribution in [1.82, 2.24) is 10.3 Å². The Hall–Kier alpha value is -2.71. The van der Waals surface area contributed by atoms with Crippen molar-refractivity contribution in [3.05, 3.63) is 58.6 Å². The smallest absolute Gasteiger partial charge is 0.407 e. The van der Waals surface area contributed by atoms with E-state index in [9.17, 15) is 19.1 Å². The van der Waals surface area contributed by atoms with Gasteiger partial charge in [-0.05, 0) is 42.8 Å². The minimum atomic E-state index is -2.27. The molecule has 1 aromatic heterocycles. The molecule has 0 saturated carbocycles. The first-order valence-corrected chi connectivity index (χ1v) is 8.53. The van der Waals surface area contributed by atoms with Crippen LogP contribution in [0.5, 0.6) is 0 Å². The van der Waals surface area contributed by atoms with E-state index in [1.165, 1.54) is 23.2 Å². The van der Waals surface area contributed by atoms with Gasteiger partial charge >= 0.3 is 6.09 Å². The molecule has 2 aromatic rings. The van der Waals surface area contributed by atoms with Gasteiger partial charge in [0.05, 0.1) is 11.9 Å². The molecule has 0 radical (unpaired) electrons. The molecule has 0 spiro atoms. The van der Waals surface area contributed by atoms with E-state index in [2.05, 4.69) is 10.3 Å². The molecule has 1 fully saturated rings. The lowest BCUT2D eigenvalue weighted by atomic mass is 10.2. The largest absolute Gasteiger partial charge is 0.410 e. The first kappa shape index (κ1) is 19.1. The number of aliphatic hydroxyl groups is 1. The Kier molecular flexibility index (Phi) is 5.29. The molecule has 1 atom stereocenters. The quantitative estimate of drug-likeness (QED) is 0.779. The van der Waals surface area contributed by atoms with Gasteiger partial charge in [-0.3, -0.25) is 9.78 Å². The van der Waals surface area contributed by atoms with E-state index in [1.807, 2.05) is 6.92 Å². The molecule has 27 heavy (non-hydrogen) atoms. The van der Waals surface area contributed by atoms with Gasteiger partial charge in [0.15, 0.2) is 0 Å². The van der Waals surface area contributed by atoms with E-state index >= 15 is 0 Å². The molecule has 1 aliphatic rings. The summed E-state index contributed by atoms with van der Waals surface area (Å²) in [4.78, 5) is 29.9. The van der Waals surface area contributed by atoms with Crippen molar-refractivity contribution in [3.8, 4) is 0 Å². The maximum absolute atomic E-state index is 13.3. The standard InChI is InChI=1S/C18H17ClFN3O4/c1-11-2-3-15(10-21-11)23-5-4-18(26,16(23)24)27-17(25)22-9-12-6-13(19)8-14(20)7-12/h2-3,6-8,10,26H,4-5,9H2,1H3,(H,22,25)/t18-/m0/s1. The Morgan fingerprint density at radius 2 is 2.22 bits per heavy atom. The van der Waals surface area contributed by atoms with Gasteiger partial charge in [0, 0.05) is 30.2 Å². The van der Waals surface area contributed by atoms with Gasteiger partial charge in [-0.2, -0.15) is 0 Å². The molecule has 3 rings (SSSR count). The number of anilines is 1. The number of nitrogens with zero attached hydrogens (tertiary/aromatic N) is 2. The summed E-state index contributed by atoms with van der Waals surface area (Å²) in [6, 6.07) is 7.25. The van der Waals surface area contributed by atoms with Crippen LogP contribution in [0.25, 0.3) is 0 Å². The van der Waals surface area contributed by atoms with Crippen molar-refractivity contribution >= 4 is 29.3 Å². The number of nitrogens with one attached hydrogen (secondary N) is 1. The second-order valence-corrected chi connectivity index (χ2v) is 6.61. The molecule has 9 heteroatoms. The summed E-state index contributed by atoms with van der Waals surface area (Å²) in [7, 11) is 0. The highest BCUT2D eigenvalue weighted by atomic mass is 35.5. The highest BCUT2D eigenvalue weighted by Gasteiger charge is 2.49. The summed E-state index contributed by atoms with van der Waals surface area (Å²) in [6.07, 6.45) is 0.418. The van der Waals surface area contributed by atoms with Crippen molar-refractivity contribution in [2.24, 2.45) is 0 Å². The molecule has 0 unspecified atom stereocenters. The summed E-state index contributed by atoms with van der Waals surface area (Å²) >= 11 is 5.75. The lowest BCUT2D eigenvalue weighted by Gasteiger charge is -2.22. The topological polar surface area (TPSA) is 91.8 Å². The number of carbonyl (C=O) groups is 2. The number of halogens is 2. The van der Waals surface area contributed by atoms with Gasteiger partial charge < -0.3 is 20.1 Å². The van der Waals surface area contributed by atoms with Gasteiger partial charge in [-0.25, -0.2) is 9.18 Å². The molecule has 1 saturated heterocycles. The normalized spacial score (nSPS) is 19.3. The number of rotatable bonds is 4. The van der Waals surface area contributed by atoms with Gasteiger partial charge in [-0.15, -0.1) is 0 Å². The number of hydrogen-bond donors (Lipinski definition) is 2. The van der Waals surface area contributed by atoms with Crippen molar-refractivity contribution in [2.75, 3.05) is 11.4 Å². The van der Waals surface area contributed by atoms with Crippen molar-refractivity contribution < 1.29 is 23.8 Å². The van der Waals surface area contributed by atoms with Crippen LogP contribution in [0, 0.1) is 12.7 Å². The minimum Gasteiger partial charge on any atom is -0.407 e. The zero-order chi connectivity index (χ0) is 19.6. The van der Waals surface area contributed by atoms with E-state index in [4.69, 9.17) is 16.3 Å². The van der Waals surface area contributed by atoms with Gasteiger partial charge in [0.1, 0.15) is 5.82 Å². The molecular formula is C18H17ClFN3O4. The second kappa shape index (κ2) is 7.50. The number of aryl methyl sites for hydroxylation is 1. The van der Waals surface area contributed by atoms with Crippen LogP contribution in [0.4, 0.5) is 14.9 Å². The van der Waals surface area contributed by atoms with Crippen LogP contribution in [-0.2, 0) is 16.1 Å². The van der Waals surface area contributed by atoms with Crippen molar-refractivity contribution in [2.45, 2.75) is 25.7 Å². The van der Waals surface area contributed by atoms with Crippen LogP contribution in [0.3, 0.4) is 0 Å². The molecule has 0 bridgehead atoms. The predicted octanol–water partition coefficient (Wildman–Crippen LogP) is 2.53. The highest BCUT2D eigenvalue weighted by molar-refractivity contribution is 6.30. The van der Waals surface area contributed by atoms with E-state index in [0.717, 1.165) is 11.8 Å². The second-order valence-electron chi connectivity index (χ2n) is 6.17. The first-order chi connectivity index (χ1) is 12.8. The number of carbonyl (C=O) groups excluding carboxylic acids is 2. The third kappa shape index (κ3) is 4.35. The summed E-state index contributed by atoms with van der Waals surface area (Å²) in [5.74, 6) is -3.56. The number of amides is 2. The first-order valence-electron chi connectivity index (χ1n) is 8.16. The third-order valence-corrected chi connectivity index (χ3v) is 4.30. The average Bonchev–Trinajstić information content (AvgIpc) is 2.88. The zero-order valence-electron chi connectivity index (χ0n) is 14.4. The molecule has 1 aliphatic heterocycles. The van der Waals surface area contributed by atoms with Crippen LogP contribution in [0.2, 0.25) is 5.02 Å². The number of hydrogen-bond acceptors (Lipinski definition) is 5. The number of pyridine rings is 1. The summed E-state index contributed by atoms with van der Waals surface area (Å²) in [6.45, 7) is 1.91. The van der Waals surface area contributed by atoms with Crippen LogP contribution in [-0.4, -0.2) is 34.4 Å². The summed E-state index contributed by atoms with van der Waals surface area (Å²) < 4.78 is 18.2. The van der Waals surface area contributed by atoms with Crippen LogP contribution in [0.1, 0.15) is 17.7 Å². The lowest BCUT2D eigenvalue weighted by Crippen LogP contribution is -2.46. The SMILES string of the molecule is Cc1ccc(N2CC[C@](O)(OC(=O)NCc3cc(F)cc(Cl)c3)C2=O)cn1. The summed E-state index contributed by atoms with van der Waals surface area (Å²) in [5, 5.41) is 13.0. The molecular weight excluding hydrogens is 377 g/mol. The number of alkyl carbamates (subject to hydrolysis) is 1. The Bertz CT molecular complexity index is 857. The molecule has 2 amide bonds. The maximum Gasteiger partial charge on any atom is 0.410 e. The van der Waals surface area contributed by atoms with Crippen LogP contribution >= 0.6 is 11.6 Å². The lowest BCUT2D eigenvalue weighted by molar-refractivity contribution is -0.175. The molecule has 2 N–H and O–H groups in total. The molecule has 7 nitrogen and oxygen atoms in total. The molecule has 142 valence electrons. The van der Waals surface area contributed by atoms with E-state index in [-0.39, 0.29) is 24.5 Å². The van der Waals surface area contributed by atoms with Crippen LogP contribution in [0.15, 0.2) is 36.5 Å². The average molecular weight is 394 g/mol.